The van der Waals surface area contributed by atoms with Crippen molar-refractivity contribution in [3.05, 3.63) is 0 Å². The fourth-order valence-electron chi connectivity index (χ4n) is 0.508. The van der Waals surface area contributed by atoms with Crippen LogP contribution in [0.25, 0.3) is 0 Å². The van der Waals surface area contributed by atoms with Crippen LogP contribution in [-0.4, -0.2) is 30.7 Å². The van der Waals surface area contributed by atoms with Crippen molar-refractivity contribution in [1.29, 1.82) is 0 Å². The first-order valence-corrected chi connectivity index (χ1v) is 3.32. The molecule has 0 amide bonds. The molecule has 10 heavy (non-hydrogen) atoms. The lowest BCUT2D eigenvalue weighted by molar-refractivity contribution is -0.140. The van der Waals surface area contributed by atoms with Gasteiger partial charge in [-0.3, -0.25) is 4.79 Å². The largest absolute Gasteiger partial charge is 0.481 e. The van der Waals surface area contributed by atoms with Gasteiger partial charge in [0.25, 0.3) is 0 Å². The number of rotatable bonds is 5. The molecule has 0 aromatic heterocycles. The zero-order valence-electron chi connectivity index (χ0n) is 6.13. The highest BCUT2D eigenvalue weighted by molar-refractivity contribution is 5.69. The molecule has 0 radical (unpaired) electrons. The number of nitrogens with two attached hydrogens (primary N) is 1. The third-order valence-electron chi connectivity index (χ3n) is 1.19. The molecule has 4 nitrogen and oxygen atoms in total. The standard InChI is InChI=1S/C6H14N2O2/c1-5(6(9)10)4-8-3-2-7/h5,8H,2-4,7H2,1H3,(H,9,10). The fraction of sp³-hybridized carbons (Fsp3) is 0.833. The molecule has 0 aliphatic heterocycles. The van der Waals surface area contributed by atoms with Crippen LogP contribution in [0.15, 0.2) is 0 Å². The molecule has 0 rings (SSSR count). The number of hydrogen-bond donors (Lipinski definition) is 3. The maximum absolute atomic E-state index is 10.2. The molecule has 0 aromatic carbocycles. The van der Waals surface area contributed by atoms with E-state index in [0.717, 1.165) is 0 Å². The van der Waals surface area contributed by atoms with Crippen molar-refractivity contribution < 1.29 is 9.90 Å². The van der Waals surface area contributed by atoms with Gasteiger partial charge in [-0.2, -0.15) is 0 Å². The van der Waals surface area contributed by atoms with Gasteiger partial charge in [-0.25, -0.2) is 0 Å². The Kier molecular flexibility index (Phi) is 4.88. The second-order valence-electron chi connectivity index (χ2n) is 2.23. The van der Waals surface area contributed by atoms with E-state index in [1.54, 1.807) is 6.92 Å². The van der Waals surface area contributed by atoms with Crippen LogP contribution < -0.4 is 11.1 Å². The van der Waals surface area contributed by atoms with Gasteiger partial charge in [-0.15, -0.1) is 0 Å². The maximum Gasteiger partial charge on any atom is 0.307 e. The lowest BCUT2D eigenvalue weighted by atomic mass is 10.2. The molecule has 0 saturated carbocycles. The molecule has 0 spiro atoms. The van der Waals surface area contributed by atoms with Crippen molar-refractivity contribution in [2.24, 2.45) is 11.7 Å². The summed E-state index contributed by atoms with van der Waals surface area (Å²) in [6.45, 7) is 3.38. The highest BCUT2D eigenvalue weighted by Gasteiger charge is 2.08. The number of carbonyl (C=O) groups is 1. The van der Waals surface area contributed by atoms with Gasteiger partial charge in [0.2, 0.25) is 0 Å². The van der Waals surface area contributed by atoms with Crippen LogP contribution in [0.4, 0.5) is 0 Å². The van der Waals surface area contributed by atoms with E-state index in [4.69, 9.17) is 10.8 Å². The monoisotopic (exact) mass is 146 g/mol. The summed E-state index contributed by atoms with van der Waals surface area (Å²) in [5.41, 5.74) is 5.18. The van der Waals surface area contributed by atoms with Crippen molar-refractivity contribution in [3.63, 3.8) is 0 Å². The molecule has 0 aromatic rings. The van der Waals surface area contributed by atoms with Gasteiger partial charge in [-0.05, 0) is 0 Å². The smallest absolute Gasteiger partial charge is 0.307 e. The zero-order chi connectivity index (χ0) is 7.98. The van der Waals surface area contributed by atoms with Crippen molar-refractivity contribution in [2.45, 2.75) is 6.92 Å². The molecule has 0 aliphatic carbocycles. The predicted octanol–water partition coefficient (Wildman–Crippen LogP) is -0.745. The SMILES string of the molecule is CC(CNCCN)C(=O)O. The molecule has 4 N–H and O–H groups in total. The molecule has 60 valence electrons. The molecular weight excluding hydrogens is 132 g/mol. The highest BCUT2D eigenvalue weighted by atomic mass is 16.4. The number of aliphatic carboxylic acids is 1. The van der Waals surface area contributed by atoms with Gasteiger partial charge < -0.3 is 16.2 Å². The number of hydrogen-bond acceptors (Lipinski definition) is 3. The Balaban J connectivity index is 3.21. The molecule has 0 fully saturated rings. The first-order valence-electron chi connectivity index (χ1n) is 3.32. The van der Waals surface area contributed by atoms with E-state index in [1.807, 2.05) is 0 Å². The van der Waals surface area contributed by atoms with Crippen molar-refractivity contribution >= 4 is 5.97 Å². The zero-order valence-corrected chi connectivity index (χ0v) is 6.13. The van der Waals surface area contributed by atoms with Gasteiger partial charge in [0.1, 0.15) is 0 Å². The minimum atomic E-state index is -0.774. The topological polar surface area (TPSA) is 75.3 Å². The van der Waals surface area contributed by atoms with E-state index < -0.39 is 5.97 Å². The fourth-order valence-corrected chi connectivity index (χ4v) is 0.508. The third-order valence-corrected chi connectivity index (χ3v) is 1.19. The maximum atomic E-state index is 10.2. The first-order chi connectivity index (χ1) is 4.68. The normalized spacial score (nSPS) is 13.0. The van der Waals surface area contributed by atoms with E-state index in [2.05, 4.69) is 5.32 Å². The molecule has 0 aliphatic rings. The van der Waals surface area contributed by atoms with Crippen LogP contribution in [0, 0.1) is 5.92 Å². The van der Waals surface area contributed by atoms with Crippen LogP contribution in [0.1, 0.15) is 6.92 Å². The van der Waals surface area contributed by atoms with E-state index in [9.17, 15) is 4.79 Å². The lowest BCUT2D eigenvalue weighted by Crippen LogP contribution is -2.30. The Morgan fingerprint density at radius 1 is 1.80 bits per heavy atom. The predicted molar refractivity (Wildman–Crippen MR) is 38.7 cm³/mol. The first kappa shape index (κ1) is 9.39. The van der Waals surface area contributed by atoms with Crippen molar-refractivity contribution in [3.8, 4) is 0 Å². The summed E-state index contributed by atoms with van der Waals surface area (Å²) in [6.07, 6.45) is 0. The van der Waals surface area contributed by atoms with E-state index in [-0.39, 0.29) is 5.92 Å². The van der Waals surface area contributed by atoms with Gasteiger partial charge in [-0.1, -0.05) is 6.92 Å². The molecule has 0 bridgehead atoms. The Morgan fingerprint density at radius 3 is 2.80 bits per heavy atom. The Hall–Kier alpha value is -0.610. The Morgan fingerprint density at radius 2 is 2.40 bits per heavy atom. The molecule has 0 heterocycles. The van der Waals surface area contributed by atoms with E-state index in [1.165, 1.54) is 0 Å². The van der Waals surface area contributed by atoms with Gasteiger partial charge in [0.05, 0.1) is 5.92 Å². The van der Waals surface area contributed by atoms with Crippen LogP contribution in [-0.2, 0) is 4.79 Å². The van der Waals surface area contributed by atoms with E-state index >= 15 is 0 Å². The van der Waals surface area contributed by atoms with Crippen LogP contribution in [0.2, 0.25) is 0 Å². The van der Waals surface area contributed by atoms with Crippen molar-refractivity contribution in [1.82, 2.24) is 5.32 Å². The molecular formula is C6H14N2O2. The van der Waals surface area contributed by atoms with Gasteiger partial charge in [0.15, 0.2) is 0 Å². The summed E-state index contributed by atoms with van der Waals surface area (Å²) in [7, 11) is 0. The highest BCUT2D eigenvalue weighted by Crippen LogP contribution is 1.89. The van der Waals surface area contributed by atoms with E-state index in [0.29, 0.717) is 19.6 Å². The molecule has 1 unspecified atom stereocenters. The van der Waals surface area contributed by atoms with Crippen LogP contribution in [0.3, 0.4) is 0 Å². The second-order valence-corrected chi connectivity index (χ2v) is 2.23. The van der Waals surface area contributed by atoms with Crippen LogP contribution >= 0.6 is 0 Å². The quantitative estimate of drug-likeness (QED) is 0.446. The average molecular weight is 146 g/mol. The summed E-state index contributed by atoms with van der Waals surface area (Å²) in [4.78, 5) is 10.2. The van der Waals surface area contributed by atoms with Gasteiger partial charge in [0, 0.05) is 19.6 Å². The minimum Gasteiger partial charge on any atom is -0.481 e. The summed E-state index contributed by atoms with van der Waals surface area (Å²) in [6, 6.07) is 0. The van der Waals surface area contributed by atoms with Gasteiger partial charge >= 0.3 is 5.97 Å². The van der Waals surface area contributed by atoms with Crippen molar-refractivity contribution in [2.75, 3.05) is 19.6 Å². The second kappa shape index (κ2) is 5.20. The summed E-state index contributed by atoms with van der Waals surface area (Å²) < 4.78 is 0. The Labute approximate surface area is 60.4 Å². The molecule has 4 heteroatoms. The Bertz CT molecular complexity index is 106. The third kappa shape index (κ3) is 4.29. The summed E-state index contributed by atoms with van der Waals surface area (Å²) in [5.74, 6) is -1.10. The number of nitrogens with one attached hydrogen (secondary N) is 1. The minimum absolute atomic E-state index is 0.327. The number of carboxylic acids is 1. The number of carboxylic acid groups (broad SMARTS) is 1. The average Bonchev–Trinajstić information content (AvgIpc) is 1.88. The molecule has 1 atom stereocenters. The lowest BCUT2D eigenvalue weighted by Gasteiger charge is -2.05. The van der Waals surface area contributed by atoms with Crippen LogP contribution in [0.5, 0.6) is 0 Å². The molecule has 0 saturated heterocycles. The summed E-state index contributed by atoms with van der Waals surface area (Å²) in [5, 5.41) is 11.3. The summed E-state index contributed by atoms with van der Waals surface area (Å²) >= 11 is 0.